The van der Waals surface area contributed by atoms with Crippen molar-refractivity contribution in [2.24, 2.45) is 11.8 Å². The lowest BCUT2D eigenvalue weighted by Gasteiger charge is -2.31. The first-order valence-electron chi connectivity index (χ1n) is 5.67. The van der Waals surface area contributed by atoms with Gasteiger partial charge in [0.1, 0.15) is 0 Å². The molecule has 0 atom stereocenters. The van der Waals surface area contributed by atoms with Crippen LogP contribution in [0.4, 0.5) is 0 Å². The van der Waals surface area contributed by atoms with E-state index in [0.717, 1.165) is 18.6 Å². The number of nitrogens with one attached hydrogen (secondary N) is 1. The quantitative estimate of drug-likeness (QED) is 0.665. The second-order valence-electron chi connectivity index (χ2n) is 4.32. The molecule has 0 aromatic rings. The molecule has 0 saturated heterocycles. The van der Waals surface area contributed by atoms with Gasteiger partial charge in [-0.2, -0.15) is 11.8 Å². The minimum atomic E-state index is -0.764. The number of amides is 1. The van der Waals surface area contributed by atoms with Crippen molar-refractivity contribution in [1.82, 2.24) is 5.32 Å². The lowest BCUT2D eigenvalue weighted by Crippen LogP contribution is -2.38. The van der Waals surface area contributed by atoms with E-state index in [1.54, 1.807) is 11.8 Å². The molecule has 1 aliphatic rings. The second-order valence-corrected chi connectivity index (χ2v) is 5.55. The Kier molecular flexibility index (Phi) is 5.66. The zero-order valence-electron chi connectivity index (χ0n) is 9.57. The highest BCUT2D eigenvalue weighted by Crippen LogP contribution is 2.32. The molecular weight excluding hydrogens is 226 g/mol. The van der Waals surface area contributed by atoms with Crippen molar-refractivity contribution >= 4 is 23.6 Å². The highest BCUT2D eigenvalue weighted by Gasteiger charge is 2.30. The van der Waals surface area contributed by atoms with Crippen molar-refractivity contribution in [3.8, 4) is 0 Å². The van der Waals surface area contributed by atoms with Gasteiger partial charge in [0.15, 0.2) is 0 Å². The van der Waals surface area contributed by atoms with E-state index in [4.69, 9.17) is 5.11 Å². The largest absolute Gasteiger partial charge is 0.481 e. The van der Waals surface area contributed by atoms with Gasteiger partial charge in [-0.25, -0.2) is 0 Å². The Bertz CT molecular complexity index is 252. The molecule has 2 N–H and O–H groups in total. The van der Waals surface area contributed by atoms with Gasteiger partial charge in [0.05, 0.1) is 6.42 Å². The van der Waals surface area contributed by atoms with Crippen molar-refractivity contribution in [3.63, 3.8) is 0 Å². The number of rotatable bonds is 7. The molecule has 0 bridgehead atoms. The van der Waals surface area contributed by atoms with Gasteiger partial charge in [0.2, 0.25) is 5.91 Å². The van der Waals surface area contributed by atoms with Gasteiger partial charge in [-0.05, 0) is 18.8 Å². The molecule has 1 aliphatic carbocycles. The van der Waals surface area contributed by atoms with Gasteiger partial charge in [-0.1, -0.05) is 6.92 Å². The minimum absolute atomic E-state index is 0.164. The molecule has 5 heteroatoms. The molecule has 1 saturated carbocycles. The lowest BCUT2D eigenvalue weighted by atomic mass is 9.76. The first-order valence-corrected chi connectivity index (χ1v) is 6.82. The van der Waals surface area contributed by atoms with Crippen molar-refractivity contribution < 1.29 is 14.7 Å². The summed E-state index contributed by atoms with van der Waals surface area (Å²) in [4.78, 5) is 21.7. The van der Waals surface area contributed by atoms with E-state index in [9.17, 15) is 9.59 Å². The molecule has 0 aromatic heterocycles. The number of hydrogen-bond acceptors (Lipinski definition) is 3. The minimum Gasteiger partial charge on any atom is -0.481 e. The highest BCUT2D eigenvalue weighted by molar-refractivity contribution is 7.99. The molecule has 0 spiro atoms. The maximum atomic E-state index is 11.5. The maximum Gasteiger partial charge on any atom is 0.304 e. The Morgan fingerprint density at radius 3 is 2.62 bits per heavy atom. The summed E-state index contributed by atoms with van der Waals surface area (Å²) in [5.74, 6) is 1.73. The van der Waals surface area contributed by atoms with Crippen LogP contribution in [0.25, 0.3) is 0 Å². The molecule has 1 fully saturated rings. The van der Waals surface area contributed by atoms with Gasteiger partial charge in [-0.3, -0.25) is 9.59 Å². The predicted molar refractivity (Wildman–Crippen MR) is 64.5 cm³/mol. The third-order valence-electron chi connectivity index (χ3n) is 2.75. The van der Waals surface area contributed by atoms with Gasteiger partial charge >= 0.3 is 5.97 Å². The Labute approximate surface area is 100 Å². The maximum absolute atomic E-state index is 11.5. The average molecular weight is 245 g/mol. The van der Waals surface area contributed by atoms with E-state index in [1.807, 2.05) is 0 Å². The SMILES string of the molecule is CC1CC(C(=O)NCCSCCC(=O)O)C1. The molecule has 16 heavy (non-hydrogen) atoms. The summed E-state index contributed by atoms with van der Waals surface area (Å²) >= 11 is 1.57. The van der Waals surface area contributed by atoms with Crippen molar-refractivity contribution in [1.29, 1.82) is 0 Å². The van der Waals surface area contributed by atoms with Crippen molar-refractivity contribution in [3.05, 3.63) is 0 Å². The molecule has 0 heterocycles. The van der Waals surface area contributed by atoms with Crippen LogP contribution >= 0.6 is 11.8 Å². The normalized spacial score (nSPS) is 23.6. The number of carbonyl (C=O) groups excluding carboxylic acids is 1. The van der Waals surface area contributed by atoms with Crippen LogP contribution in [0.1, 0.15) is 26.2 Å². The van der Waals surface area contributed by atoms with Gasteiger partial charge in [0, 0.05) is 24.0 Å². The first-order chi connectivity index (χ1) is 7.59. The molecule has 0 aromatic carbocycles. The van der Waals surface area contributed by atoms with Crippen LogP contribution in [0.3, 0.4) is 0 Å². The van der Waals surface area contributed by atoms with E-state index in [1.165, 1.54) is 0 Å². The molecule has 0 unspecified atom stereocenters. The van der Waals surface area contributed by atoms with E-state index in [0.29, 0.717) is 18.2 Å². The van der Waals surface area contributed by atoms with Gasteiger partial charge in [-0.15, -0.1) is 0 Å². The summed E-state index contributed by atoms with van der Waals surface area (Å²) in [7, 11) is 0. The fourth-order valence-electron chi connectivity index (χ4n) is 1.77. The monoisotopic (exact) mass is 245 g/mol. The summed E-state index contributed by atoms with van der Waals surface area (Å²) in [6, 6.07) is 0. The Morgan fingerprint density at radius 2 is 2.06 bits per heavy atom. The van der Waals surface area contributed by atoms with Crippen LogP contribution in [0.2, 0.25) is 0 Å². The van der Waals surface area contributed by atoms with E-state index in [2.05, 4.69) is 12.2 Å². The summed E-state index contributed by atoms with van der Waals surface area (Å²) in [6.07, 6.45) is 2.22. The molecular formula is C11H19NO3S. The van der Waals surface area contributed by atoms with Crippen molar-refractivity contribution in [2.45, 2.75) is 26.2 Å². The van der Waals surface area contributed by atoms with Crippen LogP contribution in [-0.2, 0) is 9.59 Å². The topological polar surface area (TPSA) is 66.4 Å². The number of thioether (sulfide) groups is 1. The van der Waals surface area contributed by atoms with Gasteiger partial charge in [0.25, 0.3) is 0 Å². The smallest absolute Gasteiger partial charge is 0.304 e. The Morgan fingerprint density at radius 1 is 1.38 bits per heavy atom. The molecule has 92 valence electrons. The molecule has 1 amide bonds. The highest BCUT2D eigenvalue weighted by atomic mass is 32.2. The fourth-order valence-corrected chi connectivity index (χ4v) is 2.54. The standard InChI is InChI=1S/C11H19NO3S/c1-8-6-9(7-8)11(15)12-3-5-16-4-2-10(13)14/h8-9H,2-7H2,1H3,(H,12,15)(H,13,14). The third-order valence-corrected chi connectivity index (χ3v) is 3.74. The van der Waals surface area contributed by atoms with Crippen LogP contribution in [-0.4, -0.2) is 35.0 Å². The zero-order valence-corrected chi connectivity index (χ0v) is 10.4. The second kappa shape index (κ2) is 6.78. The number of carbonyl (C=O) groups is 2. The van der Waals surface area contributed by atoms with Gasteiger partial charge < -0.3 is 10.4 Å². The Balaban J connectivity index is 1.91. The number of aliphatic carboxylic acids is 1. The summed E-state index contributed by atoms with van der Waals surface area (Å²) < 4.78 is 0. The predicted octanol–water partition coefficient (Wildman–Crippen LogP) is 1.36. The molecule has 1 rings (SSSR count). The fraction of sp³-hybridized carbons (Fsp3) is 0.818. The van der Waals surface area contributed by atoms with E-state index >= 15 is 0 Å². The zero-order chi connectivity index (χ0) is 12.0. The first kappa shape index (κ1) is 13.4. The van der Waals surface area contributed by atoms with Crippen molar-refractivity contribution in [2.75, 3.05) is 18.1 Å². The van der Waals surface area contributed by atoms with E-state index in [-0.39, 0.29) is 18.2 Å². The lowest BCUT2D eigenvalue weighted by molar-refractivity contribution is -0.136. The summed E-state index contributed by atoms with van der Waals surface area (Å²) in [6.45, 7) is 2.81. The number of hydrogen-bond donors (Lipinski definition) is 2. The van der Waals surface area contributed by atoms with Crippen LogP contribution in [0, 0.1) is 11.8 Å². The van der Waals surface area contributed by atoms with E-state index < -0.39 is 5.97 Å². The Hall–Kier alpha value is -0.710. The molecule has 4 nitrogen and oxygen atoms in total. The average Bonchev–Trinajstić information content (AvgIpc) is 2.17. The number of carboxylic acids is 1. The summed E-state index contributed by atoms with van der Waals surface area (Å²) in [5, 5.41) is 11.3. The molecule has 0 aliphatic heterocycles. The van der Waals surface area contributed by atoms with Crippen LogP contribution in [0.5, 0.6) is 0 Å². The van der Waals surface area contributed by atoms with Crippen LogP contribution < -0.4 is 5.32 Å². The molecule has 0 radical (unpaired) electrons. The third kappa shape index (κ3) is 4.88. The van der Waals surface area contributed by atoms with Crippen LogP contribution in [0.15, 0.2) is 0 Å². The number of carboxylic acid groups (broad SMARTS) is 1. The summed E-state index contributed by atoms with van der Waals surface area (Å²) in [5.41, 5.74) is 0.